The van der Waals surface area contributed by atoms with Crippen LogP contribution < -0.4 is 11.5 Å². The van der Waals surface area contributed by atoms with E-state index in [1.807, 2.05) is 6.07 Å². The average molecular weight is 274 g/mol. The SMILES string of the molecule is NC(=O)c1nn(Cc2ccccc2CC(=O)O)cc1N. The first-order valence-electron chi connectivity index (χ1n) is 5.88. The Labute approximate surface area is 114 Å². The number of carboxylic acid groups (broad SMARTS) is 1. The van der Waals surface area contributed by atoms with Crippen LogP contribution in [-0.4, -0.2) is 26.8 Å². The van der Waals surface area contributed by atoms with Crippen molar-refractivity contribution >= 4 is 17.6 Å². The van der Waals surface area contributed by atoms with Gasteiger partial charge in [0, 0.05) is 6.20 Å². The van der Waals surface area contributed by atoms with Gasteiger partial charge in [-0.1, -0.05) is 24.3 Å². The third-order valence-corrected chi connectivity index (χ3v) is 2.82. The summed E-state index contributed by atoms with van der Waals surface area (Å²) in [6, 6.07) is 7.13. The number of carboxylic acids is 1. The number of anilines is 1. The van der Waals surface area contributed by atoms with E-state index in [0.717, 1.165) is 5.56 Å². The van der Waals surface area contributed by atoms with E-state index in [0.29, 0.717) is 12.1 Å². The summed E-state index contributed by atoms with van der Waals surface area (Å²) in [6.07, 6.45) is 1.42. The van der Waals surface area contributed by atoms with Crippen LogP contribution in [0.2, 0.25) is 0 Å². The van der Waals surface area contributed by atoms with E-state index in [1.165, 1.54) is 10.9 Å². The molecule has 20 heavy (non-hydrogen) atoms. The van der Waals surface area contributed by atoms with E-state index < -0.39 is 11.9 Å². The van der Waals surface area contributed by atoms with Crippen LogP contribution in [0.3, 0.4) is 0 Å². The molecule has 0 fully saturated rings. The molecule has 2 aromatic rings. The minimum Gasteiger partial charge on any atom is -0.481 e. The lowest BCUT2D eigenvalue weighted by molar-refractivity contribution is -0.136. The molecule has 7 heteroatoms. The van der Waals surface area contributed by atoms with Crippen LogP contribution in [0.1, 0.15) is 21.6 Å². The molecule has 0 bridgehead atoms. The maximum atomic E-state index is 11.1. The van der Waals surface area contributed by atoms with Gasteiger partial charge in [0.25, 0.3) is 5.91 Å². The van der Waals surface area contributed by atoms with Gasteiger partial charge in [-0.3, -0.25) is 14.3 Å². The number of aromatic nitrogens is 2. The van der Waals surface area contributed by atoms with E-state index in [-0.39, 0.29) is 17.8 Å². The van der Waals surface area contributed by atoms with Gasteiger partial charge in [0.05, 0.1) is 18.7 Å². The van der Waals surface area contributed by atoms with Gasteiger partial charge in [0.15, 0.2) is 5.69 Å². The molecule has 0 atom stereocenters. The number of hydrogen-bond donors (Lipinski definition) is 3. The van der Waals surface area contributed by atoms with Gasteiger partial charge < -0.3 is 16.6 Å². The number of amides is 1. The van der Waals surface area contributed by atoms with Crippen molar-refractivity contribution in [3.05, 3.63) is 47.3 Å². The summed E-state index contributed by atoms with van der Waals surface area (Å²) in [5.74, 6) is -1.60. The molecule has 0 aliphatic rings. The lowest BCUT2D eigenvalue weighted by Crippen LogP contribution is -2.14. The van der Waals surface area contributed by atoms with Gasteiger partial charge in [-0.05, 0) is 11.1 Å². The van der Waals surface area contributed by atoms with Gasteiger partial charge in [-0.25, -0.2) is 0 Å². The average Bonchev–Trinajstić information content (AvgIpc) is 2.72. The standard InChI is InChI=1S/C13H14N4O3/c14-10-7-17(16-12(10)13(15)20)6-9-4-2-1-3-8(9)5-11(18)19/h1-4,7H,5-6,14H2,(H2,15,20)(H,18,19). The number of primary amides is 1. The largest absolute Gasteiger partial charge is 0.481 e. The predicted molar refractivity (Wildman–Crippen MR) is 72.0 cm³/mol. The summed E-state index contributed by atoms with van der Waals surface area (Å²) in [7, 11) is 0. The molecule has 0 aliphatic heterocycles. The molecular formula is C13H14N4O3. The zero-order valence-electron chi connectivity index (χ0n) is 10.6. The van der Waals surface area contributed by atoms with Crippen LogP contribution in [0, 0.1) is 0 Å². The van der Waals surface area contributed by atoms with Crippen molar-refractivity contribution in [3.63, 3.8) is 0 Å². The smallest absolute Gasteiger partial charge is 0.307 e. The maximum absolute atomic E-state index is 11.1. The number of carbonyl (C=O) groups is 2. The highest BCUT2D eigenvalue weighted by molar-refractivity contribution is 5.95. The van der Waals surface area contributed by atoms with Crippen LogP contribution >= 0.6 is 0 Å². The normalized spacial score (nSPS) is 10.4. The van der Waals surface area contributed by atoms with Crippen LogP contribution in [-0.2, 0) is 17.8 Å². The van der Waals surface area contributed by atoms with Gasteiger partial charge in [0.2, 0.25) is 0 Å². The Morgan fingerprint density at radius 1 is 1.25 bits per heavy atom. The first kappa shape index (κ1) is 13.6. The van der Waals surface area contributed by atoms with Crippen LogP contribution in [0.15, 0.2) is 30.5 Å². The number of rotatable bonds is 5. The number of aliphatic carboxylic acids is 1. The summed E-state index contributed by atoms with van der Waals surface area (Å²) >= 11 is 0. The number of nitrogen functional groups attached to an aromatic ring is 1. The Bertz CT molecular complexity index is 663. The van der Waals surface area contributed by atoms with Crippen molar-refractivity contribution in [1.29, 1.82) is 0 Å². The molecule has 104 valence electrons. The second-order valence-corrected chi connectivity index (χ2v) is 4.33. The molecule has 1 amide bonds. The Kier molecular flexibility index (Phi) is 3.69. The molecule has 0 saturated carbocycles. The molecule has 1 aromatic heterocycles. The van der Waals surface area contributed by atoms with Crippen molar-refractivity contribution in [3.8, 4) is 0 Å². The molecule has 0 radical (unpaired) electrons. The van der Waals surface area contributed by atoms with Gasteiger partial charge in [-0.15, -0.1) is 0 Å². The number of hydrogen-bond acceptors (Lipinski definition) is 4. The minimum absolute atomic E-state index is 0.0146. The minimum atomic E-state index is -0.907. The van der Waals surface area contributed by atoms with Crippen LogP contribution in [0.5, 0.6) is 0 Å². The highest BCUT2D eigenvalue weighted by Gasteiger charge is 2.13. The van der Waals surface area contributed by atoms with E-state index in [9.17, 15) is 9.59 Å². The molecule has 7 nitrogen and oxygen atoms in total. The fraction of sp³-hybridized carbons (Fsp3) is 0.154. The number of benzene rings is 1. The van der Waals surface area contributed by atoms with Crippen molar-refractivity contribution < 1.29 is 14.7 Å². The van der Waals surface area contributed by atoms with Crippen molar-refractivity contribution in [2.75, 3.05) is 5.73 Å². The first-order chi connectivity index (χ1) is 9.47. The summed E-state index contributed by atoms with van der Waals surface area (Å²) < 4.78 is 1.47. The number of nitrogens with zero attached hydrogens (tertiary/aromatic N) is 2. The second kappa shape index (κ2) is 5.43. The van der Waals surface area contributed by atoms with Gasteiger partial charge in [0.1, 0.15) is 0 Å². The Morgan fingerprint density at radius 3 is 2.45 bits per heavy atom. The molecule has 2 rings (SSSR count). The maximum Gasteiger partial charge on any atom is 0.307 e. The topological polar surface area (TPSA) is 124 Å². The van der Waals surface area contributed by atoms with Crippen molar-refractivity contribution in [2.45, 2.75) is 13.0 Å². The third-order valence-electron chi connectivity index (χ3n) is 2.82. The Hall–Kier alpha value is -2.83. The molecule has 1 heterocycles. The molecular weight excluding hydrogens is 260 g/mol. The number of nitrogens with two attached hydrogens (primary N) is 2. The van der Waals surface area contributed by atoms with Crippen molar-refractivity contribution in [2.24, 2.45) is 5.73 Å². The summed E-state index contributed by atoms with van der Waals surface area (Å²) in [6.45, 7) is 0.320. The fourth-order valence-corrected chi connectivity index (χ4v) is 1.93. The third kappa shape index (κ3) is 2.94. The molecule has 0 saturated heterocycles. The van der Waals surface area contributed by atoms with E-state index in [1.54, 1.807) is 18.2 Å². The van der Waals surface area contributed by atoms with Crippen molar-refractivity contribution in [1.82, 2.24) is 9.78 Å². The summed E-state index contributed by atoms with van der Waals surface area (Å²) in [4.78, 5) is 21.9. The fourth-order valence-electron chi connectivity index (χ4n) is 1.93. The monoisotopic (exact) mass is 274 g/mol. The highest BCUT2D eigenvalue weighted by Crippen LogP contribution is 2.14. The Morgan fingerprint density at radius 2 is 1.90 bits per heavy atom. The van der Waals surface area contributed by atoms with E-state index in [2.05, 4.69) is 5.10 Å². The molecule has 0 aliphatic carbocycles. The van der Waals surface area contributed by atoms with E-state index >= 15 is 0 Å². The first-order valence-corrected chi connectivity index (χ1v) is 5.88. The van der Waals surface area contributed by atoms with Gasteiger partial charge in [-0.2, -0.15) is 5.10 Å². The Balaban J connectivity index is 2.28. The summed E-state index contributed by atoms with van der Waals surface area (Å²) in [5, 5.41) is 12.9. The lowest BCUT2D eigenvalue weighted by atomic mass is 10.0. The molecule has 1 aromatic carbocycles. The quantitative estimate of drug-likeness (QED) is 0.720. The predicted octanol–water partition coefficient (Wildman–Crippen LogP) is 0.240. The van der Waals surface area contributed by atoms with Crippen LogP contribution in [0.25, 0.3) is 0 Å². The zero-order valence-corrected chi connectivity index (χ0v) is 10.6. The molecule has 0 spiro atoms. The molecule has 0 unspecified atom stereocenters. The second-order valence-electron chi connectivity index (χ2n) is 4.33. The van der Waals surface area contributed by atoms with Crippen LogP contribution in [0.4, 0.5) is 5.69 Å². The highest BCUT2D eigenvalue weighted by atomic mass is 16.4. The molecule has 5 N–H and O–H groups in total. The lowest BCUT2D eigenvalue weighted by Gasteiger charge is -2.07. The summed E-state index contributed by atoms with van der Waals surface area (Å²) in [5.41, 5.74) is 12.5. The zero-order chi connectivity index (χ0) is 14.7. The van der Waals surface area contributed by atoms with Gasteiger partial charge >= 0.3 is 5.97 Å². The number of carbonyl (C=O) groups excluding carboxylic acids is 1. The van der Waals surface area contributed by atoms with E-state index in [4.69, 9.17) is 16.6 Å².